The summed E-state index contributed by atoms with van der Waals surface area (Å²) in [7, 11) is -3.17. The maximum Gasteiger partial charge on any atom is 0.416 e. The van der Waals surface area contributed by atoms with E-state index >= 15 is 0 Å². The Bertz CT molecular complexity index is 1050. The van der Waals surface area contributed by atoms with Crippen molar-refractivity contribution in [2.24, 2.45) is 0 Å². The van der Waals surface area contributed by atoms with Crippen molar-refractivity contribution in [1.82, 2.24) is 9.62 Å². The van der Waals surface area contributed by atoms with E-state index in [-0.39, 0.29) is 23.7 Å². The summed E-state index contributed by atoms with van der Waals surface area (Å²) >= 11 is 0. The molecule has 2 aromatic carbocycles. The van der Waals surface area contributed by atoms with Crippen LogP contribution >= 0.6 is 12.4 Å². The highest BCUT2D eigenvalue weighted by Gasteiger charge is 2.35. The summed E-state index contributed by atoms with van der Waals surface area (Å²) < 4.78 is 66.3. The second-order valence-corrected chi connectivity index (χ2v) is 8.96. The zero-order valence-electron chi connectivity index (χ0n) is 16.9. The van der Waals surface area contributed by atoms with Gasteiger partial charge in [0, 0.05) is 35.4 Å². The lowest BCUT2D eigenvalue weighted by Gasteiger charge is -2.28. The van der Waals surface area contributed by atoms with Crippen molar-refractivity contribution < 1.29 is 26.3 Å². The van der Waals surface area contributed by atoms with Crippen LogP contribution in [0.25, 0.3) is 0 Å². The second-order valence-electron chi connectivity index (χ2n) is 7.22. The first-order chi connectivity index (χ1) is 14.1. The van der Waals surface area contributed by atoms with Crippen molar-refractivity contribution in [1.29, 1.82) is 0 Å². The van der Waals surface area contributed by atoms with Crippen LogP contribution in [0.1, 0.15) is 23.1 Å². The van der Waals surface area contributed by atoms with Crippen molar-refractivity contribution in [2.45, 2.75) is 30.5 Å². The van der Waals surface area contributed by atoms with Crippen LogP contribution in [0.4, 0.5) is 18.9 Å². The van der Waals surface area contributed by atoms with Gasteiger partial charge < -0.3 is 0 Å². The molecule has 0 unspecified atom stereocenters. The van der Waals surface area contributed by atoms with Gasteiger partial charge in [0.25, 0.3) is 5.69 Å². The molecule has 0 aromatic heterocycles. The zero-order valence-corrected chi connectivity index (χ0v) is 18.5. The molecule has 0 atom stereocenters. The summed E-state index contributed by atoms with van der Waals surface area (Å²) in [5.74, 6) is 0. The van der Waals surface area contributed by atoms with Crippen LogP contribution in [0.5, 0.6) is 0 Å². The molecule has 1 aliphatic rings. The molecule has 0 bridgehead atoms. The van der Waals surface area contributed by atoms with E-state index in [1.165, 1.54) is 11.1 Å². The summed E-state index contributed by atoms with van der Waals surface area (Å²) in [4.78, 5) is 13.4. The third-order valence-electron chi connectivity index (χ3n) is 5.07. The molecule has 1 aliphatic heterocycles. The molecule has 11 heteroatoms. The van der Waals surface area contributed by atoms with E-state index in [4.69, 9.17) is 0 Å². The molecule has 0 aliphatic carbocycles. The van der Waals surface area contributed by atoms with Crippen molar-refractivity contribution >= 4 is 28.1 Å². The highest BCUT2D eigenvalue weighted by Crippen LogP contribution is 2.34. The lowest BCUT2D eigenvalue weighted by atomic mass is 10.00. The fourth-order valence-corrected chi connectivity index (χ4v) is 4.78. The third-order valence-corrected chi connectivity index (χ3v) is 6.58. The first-order valence-electron chi connectivity index (χ1n) is 9.49. The topological polar surface area (TPSA) is 69.5 Å². The Hall–Kier alpha value is -2.01. The van der Waals surface area contributed by atoms with Crippen molar-refractivity contribution in [3.63, 3.8) is 0 Å². The number of hydrogen-bond donors (Lipinski definition) is 1. The van der Waals surface area contributed by atoms with Crippen LogP contribution in [-0.2, 0) is 29.2 Å². The number of alkyl halides is 3. The molecule has 0 fully saturated rings. The Labute approximate surface area is 185 Å². The molecular formula is C20H24ClF3N3O3S+. The van der Waals surface area contributed by atoms with Crippen LogP contribution in [0, 0.1) is 4.91 Å². The normalized spacial score (nSPS) is 14.6. The van der Waals surface area contributed by atoms with Gasteiger partial charge in [-0.3, -0.25) is 4.90 Å². The lowest BCUT2D eigenvalue weighted by molar-refractivity contribution is -0.431. The second kappa shape index (κ2) is 10.1. The Balaban J connectivity index is 0.00000341. The minimum atomic E-state index is -4.67. The standard InChI is InChI=1S/C20H23F3N3O3S.ClH/c1-25(27)18-13-17(20(21,22)23)7-8-19(18)30(28,29)24-10-4-11-26-12-9-15-5-2-3-6-16(15)14-26;/h2-3,5-8,13,24H,4,9-12,14H2,1H3;1H/q+1;. The third kappa shape index (κ3) is 6.25. The van der Waals surface area contributed by atoms with Gasteiger partial charge in [-0.05, 0) is 42.6 Å². The van der Waals surface area contributed by atoms with Crippen LogP contribution in [0.2, 0.25) is 0 Å². The number of fused-ring (bicyclic) bond motifs is 1. The van der Waals surface area contributed by atoms with Gasteiger partial charge in [-0.2, -0.15) is 13.2 Å². The highest BCUT2D eigenvalue weighted by molar-refractivity contribution is 7.89. The Kier molecular flexibility index (Phi) is 8.21. The summed E-state index contributed by atoms with van der Waals surface area (Å²) in [5.41, 5.74) is 0.956. The average Bonchev–Trinajstić information content (AvgIpc) is 2.70. The summed E-state index contributed by atoms with van der Waals surface area (Å²) in [6, 6.07) is 10.2. The first-order valence-corrected chi connectivity index (χ1v) is 11.0. The number of nitroso groups, excluding NO2 is 1. The Morgan fingerprint density at radius 1 is 1.13 bits per heavy atom. The molecule has 1 heterocycles. The maximum absolute atomic E-state index is 12.9. The van der Waals surface area contributed by atoms with Gasteiger partial charge in [0.15, 0.2) is 11.9 Å². The minimum Gasteiger partial charge on any atom is -0.299 e. The van der Waals surface area contributed by atoms with E-state index in [1.807, 2.05) is 12.1 Å². The highest BCUT2D eigenvalue weighted by atomic mass is 35.5. The zero-order chi connectivity index (χ0) is 21.9. The monoisotopic (exact) mass is 478 g/mol. The van der Waals surface area contributed by atoms with Gasteiger partial charge in [0.2, 0.25) is 10.0 Å². The number of sulfonamides is 1. The predicted octanol–water partition coefficient (Wildman–Crippen LogP) is 3.89. The number of halogens is 4. The molecule has 0 spiro atoms. The summed E-state index contributed by atoms with van der Waals surface area (Å²) in [5, 5.41) is 0. The molecule has 170 valence electrons. The van der Waals surface area contributed by atoms with E-state index in [1.54, 1.807) is 0 Å². The predicted molar refractivity (Wildman–Crippen MR) is 113 cm³/mol. The van der Waals surface area contributed by atoms with Crippen LogP contribution in [0.3, 0.4) is 0 Å². The van der Waals surface area contributed by atoms with Crippen molar-refractivity contribution in [3.05, 3.63) is 64.1 Å². The number of benzene rings is 2. The van der Waals surface area contributed by atoms with Crippen LogP contribution in [0.15, 0.2) is 47.4 Å². The number of nitrogens with one attached hydrogen (secondary N) is 1. The van der Waals surface area contributed by atoms with Crippen LogP contribution in [-0.4, -0.2) is 44.8 Å². The van der Waals surface area contributed by atoms with Gasteiger partial charge in [0.1, 0.15) is 0 Å². The van der Waals surface area contributed by atoms with E-state index in [9.17, 15) is 26.5 Å². The lowest BCUT2D eigenvalue weighted by Crippen LogP contribution is -2.33. The van der Waals surface area contributed by atoms with Crippen LogP contribution < -0.4 is 4.72 Å². The molecule has 31 heavy (non-hydrogen) atoms. The minimum absolute atomic E-state index is 0. The van der Waals surface area contributed by atoms with Gasteiger partial charge >= 0.3 is 6.18 Å². The van der Waals surface area contributed by atoms with E-state index in [0.717, 1.165) is 32.6 Å². The summed E-state index contributed by atoms with van der Waals surface area (Å²) in [6.07, 6.45) is -3.20. The smallest absolute Gasteiger partial charge is 0.299 e. The molecule has 1 N–H and O–H groups in total. The van der Waals surface area contributed by atoms with E-state index in [0.29, 0.717) is 25.1 Å². The van der Waals surface area contributed by atoms with Gasteiger partial charge in [0.05, 0.1) is 5.56 Å². The van der Waals surface area contributed by atoms with E-state index in [2.05, 4.69) is 21.8 Å². The van der Waals surface area contributed by atoms with Gasteiger partial charge in [-0.1, -0.05) is 24.3 Å². The molecular weight excluding hydrogens is 455 g/mol. The average molecular weight is 479 g/mol. The molecule has 3 rings (SSSR count). The van der Waals surface area contributed by atoms with Gasteiger partial charge in [-0.15, -0.1) is 12.4 Å². The fourth-order valence-electron chi connectivity index (χ4n) is 3.50. The Morgan fingerprint density at radius 3 is 2.45 bits per heavy atom. The van der Waals surface area contributed by atoms with Gasteiger partial charge in [-0.25, -0.2) is 13.1 Å². The van der Waals surface area contributed by atoms with E-state index < -0.39 is 32.3 Å². The Morgan fingerprint density at radius 2 is 1.81 bits per heavy atom. The molecule has 0 saturated heterocycles. The molecule has 0 radical (unpaired) electrons. The van der Waals surface area contributed by atoms with Crippen molar-refractivity contribution in [2.75, 3.05) is 26.7 Å². The molecule has 0 amide bonds. The number of rotatable bonds is 7. The fraction of sp³-hybridized carbons (Fsp3) is 0.400. The SMILES string of the molecule is C[N+](=O)c1cc(C(F)(F)F)ccc1S(=O)(=O)NCCCN1CCc2ccccc2C1.Cl. The van der Waals surface area contributed by atoms with Crippen molar-refractivity contribution in [3.8, 4) is 0 Å². The number of hydrogen-bond acceptors (Lipinski definition) is 4. The number of nitrogens with zero attached hydrogens (tertiary/aromatic N) is 2. The largest absolute Gasteiger partial charge is 0.416 e. The first kappa shape index (κ1) is 25.3. The molecule has 6 nitrogen and oxygen atoms in total. The molecule has 2 aromatic rings. The molecule has 0 saturated carbocycles. The quantitative estimate of drug-likeness (QED) is 0.484. The maximum atomic E-state index is 12.9. The summed E-state index contributed by atoms with van der Waals surface area (Å²) in [6.45, 7) is 2.47.